The Bertz CT molecular complexity index is 1380. The molecule has 3 aromatic carbocycles. The van der Waals surface area contributed by atoms with Crippen LogP contribution in [0.1, 0.15) is 31.4 Å². The largest absolute Gasteiger partial charge is 0.497 e. The number of sulfonamides is 1. The number of carbonyl (C=O) groups is 2. The Hall–Kier alpha value is -3.56. The summed E-state index contributed by atoms with van der Waals surface area (Å²) in [7, 11) is -2.67. The van der Waals surface area contributed by atoms with Crippen molar-refractivity contribution in [2.75, 3.05) is 24.5 Å². The highest BCUT2D eigenvalue weighted by Crippen LogP contribution is 2.28. The van der Waals surface area contributed by atoms with Crippen LogP contribution in [0.3, 0.4) is 0 Å². The van der Waals surface area contributed by atoms with E-state index in [4.69, 9.17) is 16.3 Å². The molecule has 10 heteroatoms. The van der Waals surface area contributed by atoms with Crippen LogP contribution in [0.15, 0.2) is 77.7 Å². The Morgan fingerprint density at radius 2 is 1.67 bits per heavy atom. The molecule has 3 rings (SSSR count). The number of amides is 2. The normalized spacial score (nSPS) is 11.9. The van der Waals surface area contributed by atoms with Crippen molar-refractivity contribution in [1.82, 2.24) is 10.2 Å². The maximum absolute atomic E-state index is 14.0. The molecule has 0 aliphatic carbocycles. The number of ether oxygens (including phenoxy) is 1. The molecule has 0 spiro atoms. The molecule has 1 atom stereocenters. The average molecular weight is 572 g/mol. The number of rotatable bonds is 12. The predicted molar refractivity (Wildman–Crippen MR) is 153 cm³/mol. The molecule has 3 aromatic rings. The lowest BCUT2D eigenvalue weighted by molar-refractivity contribution is -0.140. The smallest absolute Gasteiger partial charge is 0.264 e. The monoisotopic (exact) mass is 571 g/mol. The molecular formula is C29H34ClN3O5S. The lowest BCUT2D eigenvalue weighted by atomic mass is 10.1. The summed E-state index contributed by atoms with van der Waals surface area (Å²) >= 11 is 6.04. The minimum absolute atomic E-state index is 0.0451. The van der Waals surface area contributed by atoms with E-state index in [9.17, 15) is 18.0 Å². The zero-order chi connectivity index (χ0) is 28.6. The number of hydrogen-bond donors (Lipinski definition) is 1. The predicted octanol–water partition coefficient (Wildman–Crippen LogP) is 4.80. The van der Waals surface area contributed by atoms with Crippen LogP contribution in [0, 0.1) is 6.92 Å². The van der Waals surface area contributed by atoms with Crippen molar-refractivity contribution in [2.24, 2.45) is 0 Å². The summed E-state index contributed by atoms with van der Waals surface area (Å²) < 4.78 is 34.2. The van der Waals surface area contributed by atoms with Gasteiger partial charge in [0.25, 0.3) is 10.0 Å². The Kier molecular flexibility index (Phi) is 10.4. The van der Waals surface area contributed by atoms with Gasteiger partial charge in [-0.25, -0.2) is 8.42 Å². The number of nitrogens with one attached hydrogen (secondary N) is 1. The van der Waals surface area contributed by atoms with Gasteiger partial charge in [-0.15, -0.1) is 0 Å². The lowest BCUT2D eigenvalue weighted by Crippen LogP contribution is -2.52. The Morgan fingerprint density at radius 3 is 2.26 bits per heavy atom. The van der Waals surface area contributed by atoms with E-state index in [1.807, 2.05) is 13.8 Å². The van der Waals surface area contributed by atoms with E-state index in [0.29, 0.717) is 23.7 Å². The van der Waals surface area contributed by atoms with E-state index in [2.05, 4.69) is 5.32 Å². The highest BCUT2D eigenvalue weighted by molar-refractivity contribution is 7.92. The standard InChI is InChI=1S/C29H34ClN3O5S/c1-5-27(29(35)31-6-2)32(19-22-12-14-23(30)15-13-22)28(34)20-33(24-8-7-9-25(18-24)38-4)39(36,37)26-16-10-21(3)11-17-26/h7-18,27H,5-6,19-20H2,1-4H3,(H,31,35)/t27-/m0/s1. The van der Waals surface area contributed by atoms with Crippen LogP contribution in [-0.4, -0.2) is 51.4 Å². The van der Waals surface area contributed by atoms with Gasteiger partial charge in [0.15, 0.2) is 0 Å². The average Bonchev–Trinajstić information content (AvgIpc) is 2.92. The summed E-state index contributed by atoms with van der Waals surface area (Å²) in [6, 6.07) is 19.1. The topological polar surface area (TPSA) is 96.0 Å². The van der Waals surface area contributed by atoms with Crippen molar-refractivity contribution in [3.8, 4) is 5.75 Å². The number of hydrogen-bond acceptors (Lipinski definition) is 5. The number of benzene rings is 3. The summed E-state index contributed by atoms with van der Waals surface area (Å²) in [5.41, 5.74) is 1.92. The molecule has 0 heterocycles. The first kappa shape index (κ1) is 30.0. The van der Waals surface area contributed by atoms with Gasteiger partial charge in [0.2, 0.25) is 11.8 Å². The number of nitrogens with zero attached hydrogens (tertiary/aromatic N) is 2. The van der Waals surface area contributed by atoms with Crippen LogP contribution >= 0.6 is 11.6 Å². The summed E-state index contributed by atoms with van der Waals surface area (Å²) in [6.45, 7) is 5.45. The second-order valence-electron chi connectivity index (χ2n) is 8.99. The minimum Gasteiger partial charge on any atom is -0.497 e. The fraction of sp³-hybridized carbons (Fsp3) is 0.310. The fourth-order valence-electron chi connectivity index (χ4n) is 4.13. The van der Waals surface area contributed by atoms with E-state index in [1.54, 1.807) is 67.6 Å². The first-order valence-electron chi connectivity index (χ1n) is 12.7. The third-order valence-corrected chi connectivity index (χ3v) is 8.27. The summed E-state index contributed by atoms with van der Waals surface area (Å²) in [5, 5.41) is 3.33. The molecule has 0 fully saturated rings. The lowest BCUT2D eigenvalue weighted by Gasteiger charge is -2.33. The van der Waals surface area contributed by atoms with Crippen LogP contribution in [0.5, 0.6) is 5.75 Å². The highest BCUT2D eigenvalue weighted by atomic mass is 35.5. The van der Waals surface area contributed by atoms with Crippen molar-refractivity contribution in [3.05, 3.63) is 88.9 Å². The van der Waals surface area contributed by atoms with Crippen LogP contribution in [0.2, 0.25) is 5.02 Å². The first-order chi connectivity index (χ1) is 18.6. The molecule has 208 valence electrons. The number of likely N-dealkylation sites (N-methyl/N-ethyl adjacent to an activating group) is 1. The van der Waals surface area contributed by atoms with Crippen LogP contribution < -0.4 is 14.4 Å². The second kappa shape index (κ2) is 13.5. The molecule has 0 saturated carbocycles. The third kappa shape index (κ3) is 7.52. The highest BCUT2D eigenvalue weighted by Gasteiger charge is 2.33. The van der Waals surface area contributed by atoms with Crippen molar-refractivity contribution in [1.29, 1.82) is 0 Å². The molecule has 0 aromatic heterocycles. The fourth-order valence-corrected chi connectivity index (χ4v) is 5.66. The maximum Gasteiger partial charge on any atom is 0.264 e. The number of halogens is 1. The van der Waals surface area contributed by atoms with Crippen LogP contribution in [0.25, 0.3) is 0 Å². The summed E-state index contributed by atoms with van der Waals surface area (Å²) in [5.74, 6) is -0.394. The van der Waals surface area contributed by atoms with Gasteiger partial charge in [-0.05, 0) is 62.2 Å². The Morgan fingerprint density at radius 1 is 1.00 bits per heavy atom. The van der Waals surface area contributed by atoms with E-state index in [1.165, 1.54) is 24.1 Å². The maximum atomic E-state index is 14.0. The number of methoxy groups -OCH3 is 1. The molecule has 0 bridgehead atoms. The number of anilines is 1. The van der Waals surface area contributed by atoms with E-state index >= 15 is 0 Å². The zero-order valence-electron chi connectivity index (χ0n) is 22.6. The third-order valence-electron chi connectivity index (χ3n) is 6.23. The second-order valence-corrected chi connectivity index (χ2v) is 11.3. The van der Waals surface area contributed by atoms with Gasteiger partial charge >= 0.3 is 0 Å². The van der Waals surface area contributed by atoms with Gasteiger partial charge in [-0.3, -0.25) is 13.9 Å². The molecule has 8 nitrogen and oxygen atoms in total. The number of carbonyl (C=O) groups excluding carboxylic acids is 2. The van der Waals surface area contributed by atoms with Crippen molar-refractivity contribution < 1.29 is 22.7 Å². The van der Waals surface area contributed by atoms with E-state index < -0.39 is 28.5 Å². The van der Waals surface area contributed by atoms with Gasteiger partial charge in [-0.2, -0.15) is 0 Å². The Labute approximate surface area is 235 Å². The van der Waals surface area contributed by atoms with Gasteiger partial charge in [0.05, 0.1) is 17.7 Å². The van der Waals surface area contributed by atoms with Gasteiger partial charge in [0.1, 0.15) is 18.3 Å². The van der Waals surface area contributed by atoms with Crippen molar-refractivity contribution >= 4 is 39.1 Å². The minimum atomic E-state index is -4.15. The van der Waals surface area contributed by atoms with Crippen LogP contribution in [0.4, 0.5) is 5.69 Å². The molecule has 0 unspecified atom stereocenters. The molecule has 0 radical (unpaired) electrons. The van der Waals surface area contributed by atoms with Gasteiger partial charge in [-0.1, -0.05) is 54.4 Å². The molecule has 39 heavy (non-hydrogen) atoms. The molecule has 0 aliphatic heterocycles. The first-order valence-corrected chi connectivity index (χ1v) is 14.5. The SMILES string of the molecule is CCNC(=O)[C@H](CC)N(Cc1ccc(Cl)cc1)C(=O)CN(c1cccc(OC)c1)S(=O)(=O)c1ccc(C)cc1. The molecule has 2 amide bonds. The van der Waals surface area contributed by atoms with Crippen molar-refractivity contribution in [3.63, 3.8) is 0 Å². The molecule has 1 N–H and O–H groups in total. The quantitative estimate of drug-likeness (QED) is 0.337. The Balaban J connectivity index is 2.07. The zero-order valence-corrected chi connectivity index (χ0v) is 24.1. The molecule has 0 aliphatic rings. The number of aryl methyl sites for hydroxylation is 1. The van der Waals surface area contributed by atoms with E-state index in [0.717, 1.165) is 15.4 Å². The molecular weight excluding hydrogens is 538 g/mol. The summed E-state index contributed by atoms with van der Waals surface area (Å²) in [4.78, 5) is 28.4. The summed E-state index contributed by atoms with van der Waals surface area (Å²) in [6.07, 6.45) is 0.342. The van der Waals surface area contributed by atoms with Gasteiger partial charge < -0.3 is 15.0 Å². The van der Waals surface area contributed by atoms with Crippen molar-refractivity contribution in [2.45, 2.75) is 44.7 Å². The van der Waals surface area contributed by atoms with Crippen LogP contribution in [-0.2, 0) is 26.2 Å². The van der Waals surface area contributed by atoms with E-state index in [-0.39, 0.29) is 23.0 Å². The van der Waals surface area contributed by atoms with Gasteiger partial charge in [0, 0.05) is 24.2 Å². The molecule has 0 saturated heterocycles.